The Labute approximate surface area is 154 Å². The van der Waals surface area contributed by atoms with Gasteiger partial charge >= 0.3 is 0 Å². The summed E-state index contributed by atoms with van der Waals surface area (Å²) in [5.41, 5.74) is 1.83. The van der Waals surface area contributed by atoms with E-state index < -0.39 is 5.82 Å². The molecule has 0 amide bonds. The van der Waals surface area contributed by atoms with Crippen molar-refractivity contribution in [2.75, 3.05) is 29.9 Å². The van der Waals surface area contributed by atoms with Crippen LogP contribution < -0.4 is 15.5 Å². The van der Waals surface area contributed by atoms with Gasteiger partial charge in [-0.3, -0.25) is 0 Å². The van der Waals surface area contributed by atoms with E-state index in [0.717, 1.165) is 25.5 Å². The van der Waals surface area contributed by atoms with Crippen molar-refractivity contribution in [3.8, 4) is 0 Å². The van der Waals surface area contributed by atoms with Crippen molar-refractivity contribution in [2.24, 2.45) is 0 Å². The Hall–Kier alpha value is -2.51. The van der Waals surface area contributed by atoms with Gasteiger partial charge < -0.3 is 15.5 Å². The van der Waals surface area contributed by atoms with Gasteiger partial charge in [-0.05, 0) is 37.2 Å². The normalized spacial score (nSPS) is 17.8. The fourth-order valence-electron chi connectivity index (χ4n) is 3.52. The molecule has 2 aliphatic heterocycles. The van der Waals surface area contributed by atoms with Crippen molar-refractivity contribution in [3.05, 3.63) is 47.5 Å². The second kappa shape index (κ2) is 5.75. The van der Waals surface area contributed by atoms with E-state index in [1.54, 1.807) is 12.1 Å². The van der Waals surface area contributed by atoms with Crippen LogP contribution in [0, 0.1) is 5.82 Å². The molecule has 2 saturated heterocycles. The number of hydrogen-bond acceptors (Lipinski definition) is 6. The van der Waals surface area contributed by atoms with Crippen molar-refractivity contribution in [1.29, 1.82) is 0 Å². The number of pyridine rings is 1. The lowest BCUT2D eigenvalue weighted by Crippen LogP contribution is -2.76. The first-order valence-corrected chi connectivity index (χ1v) is 8.84. The zero-order valence-electron chi connectivity index (χ0n) is 13.8. The van der Waals surface area contributed by atoms with Gasteiger partial charge in [0.05, 0.1) is 21.8 Å². The molecule has 2 fully saturated rings. The third-order valence-electron chi connectivity index (χ3n) is 5.09. The molecule has 0 aliphatic carbocycles. The van der Waals surface area contributed by atoms with Crippen molar-refractivity contribution < 1.29 is 4.39 Å². The average Bonchev–Trinajstić information content (AvgIpc) is 2.57. The van der Waals surface area contributed by atoms with E-state index in [0.29, 0.717) is 16.9 Å². The molecule has 1 aromatic carbocycles. The van der Waals surface area contributed by atoms with Crippen molar-refractivity contribution in [1.82, 2.24) is 20.3 Å². The Morgan fingerprint density at radius 2 is 2.04 bits per heavy atom. The summed E-state index contributed by atoms with van der Waals surface area (Å²) in [4.78, 5) is 15.5. The number of benzene rings is 1. The van der Waals surface area contributed by atoms with Crippen LogP contribution in [0.5, 0.6) is 0 Å². The van der Waals surface area contributed by atoms with Gasteiger partial charge in [0.1, 0.15) is 17.7 Å². The minimum Gasteiger partial charge on any atom is -0.353 e. The Kier molecular flexibility index (Phi) is 3.48. The van der Waals surface area contributed by atoms with Crippen LogP contribution >= 0.6 is 11.6 Å². The molecule has 5 rings (SSSR count). The number of fused-ring (bicyclic) bond motifs is 1. The Bertz CT molecular complexity index is 998. The molecule has 132 valence electrons. The van der Waals surface area contributed by atoms with Gasteiger partial charge in [-0.15, -0.1) is 0 Å². The Morgan fingerprint density at radius 1 is 1.19 bits per heavy atom. The van der Waals surface area contributed by atoms with Gasteiger partial charge in [0, 0.05) is 13.1 Å². The van der Waals surface area contributed by atoms with Crippen LogP contribution in [0.15, 0.2) is 36.7 Å². The highest BCUT2D eigenvalue weighted by Crippen LogP contribution is 2.34. The molecule has 0 saturated carbocycles. The minimum absolute atomic E-state index is 0.0564. The van der Waals surface area contributed by atoms with E-state index in [1.165, 1.54) is 18.8 Å². The zero-order chi connectivity index (χ0) is 17.7. The summed E-state index contributed by atoms with van der Waals surface area (Å²) in [5.74, 6) is 0.814. The first-order valence-electron chi connectivity index (χ1n) is 8.46. The van der Waals surface area contributed by atoms with Crippen LogP contribution in [0.4, 0.5) is 21.7 Å². The van der Waals surface area contributed by atoms with Crippen molar-refractivity contribution in [2.45, 2.75) is 12.0 Å². The van der Waals surface area contributed by atoms with Crippen LogP contribution in [0.2, 0.25) is 5.02 Å². The fourth-order valence-corrected chi connectivity index (χ4v) is 3.69. The minimum atomic E-state index is -0.516. The second-order valence-corrected chi connectivity index (χ2v) is 7.21. The number of anilines is 3. The lowest BCUT2D eigenvalue weighted by molar-refractivity contribution is 0.159. The van der Waals surface area contributed by atoms with Gasteiger partial charge in [0.2, 0.25) is 0 Å². The lowest BCUT2D eigenvalue weighted by atomic mass is 9.80. The summed E-state index contributed by atoms with van der Waals surface area (Å²) < 4.78 is 14.2. The molecule has 0 bridgehead atoms. The number of halogens is 2. The third-order valence-corrected chi connectivity index (χ3v) is 5.38. The number of nitrogens with zero attached hydrogens (tertiary/aromatic N) is 4. The standard InChI is InChI=1S/C18H16ClFN6/c19-11-2-1-3-12(15(11)20)24-17-16-13(21-10-22-17)4-5-14(25-16)26-8-18(9-26)6-7-23-18/h1-5,10,23H,6-9H2,(H,21,22,24). The summed E-state index contributed by atoms with van der Waals surface area (Å²) in [5, 5.41) is 6.54. The summed E-state index contributed by atoms with van der Waals surface area (Å²) >= 11 is 5.86. The van der Waals surface area contributed by atoms with Crippen LogP contribution in [0.1, 0.15) is 6.42 Å². The van der Waals surface area contributed by atoms with E-state index in [1.807, 2.05) is 12.1 Å². The van der Waals surface area contributed by atoms with E-state index in [2.05, 4.69) is 25.5 Å². The predicted molar refractivity (Wildman–Crippen MR) is 99.6 cm³/mol. The van der Waals surface area contributed by atoms with E-state index in [-0.39, 0.29) is 16.2 Å². The molecule has 2 N–H and O–H groups in total. The summed E-state index contributed by atoms with van der Waals surface area (Å²) in [7, 11) is 0. The van der Waals surface area contributed by atoms with Crippen LogP contribution in [-0.2, 0) is 0 Å². The van der Waals surface area contributed by atoms with Gasteiger partial charge in [0.15, 0.2) is 11.6 Å². The summed E-state index contributed by atoms with van der Waals surface area (Å²) in [6, 6.07) is 8.68. The molecule has 2 aromatic heterocycles. The molecule has 4 heterocycles. The second-order valence-electron chi connectivity index (χ2n) is 6.80. The average molecular weight is 371 g/mol. The molecular formula is C18H16ClFN6. The van der Waals surface area contributed by atoms with Crippen LogP contribution in [-0.4, -0.2) is 40.1 Å². The Morgan fingerprint density at radius 3 is 2.81 bits per heavy atom. The van der Waals surface area contributed by atoms with E-state index in [9.17, 15) is 4.39 Å². The lowest BCUT2D eigenvalue weighted by Gasteiger charge is -2.56. The van der Waals surface area contributed by atoms with Gasteiger partial charge in [0.25, 0.3) is 0 Å². The molecule has 6 nitrogen and oxygen atoms in total. The summed E-state index contributed by atoms with van der Waals surface area (Å²) in [6.07, 6.45) is 2.65. The molecule has 0 atom stereocenters. The maximum Gasteiger partial charge on any atom is 0.165 e. The molecule has 26 heavy (non-hydrogen) atoms. The van der Waals surface area contributed by atoms with Gasteiger partial charge in [-0.1, -0.05) is 17.7 Å². The SMILES string of the molecule is Fc1c(Cl)cccc1Nc1ncnc2ccc(N3CC4(CCN4)C3)nc12. The highest BCUT2D eigenvalue weighted by Gasteiger charge is 2.47. The van der Waals surface area contributed by atoms with Gasteiger partial charge in [-0.25, -0.2) is 19.3 Å². The maximum absolute atomic E-state index is 14.2. The smallest absolute Gasteiger partial charge is 0.165 e. The first kappa shape index (κ1) is 15.7. The van der Waals surface area contributed by atoms with Crippen LogP contribution in [0.3, 0.4) is 0 Å². The van der Waals surface area contributed by atoms with E-state index in [4.69, 9.17) is 16.6 Å². The predicted octanol–water partition coefficient (Wildman–Crippen LogP) is 3.11. The quantitative estimate of drug-likeness (QED) is 0.738. The largest absolute Gasteiger partial charge is 0.353 e. The monoisotopic (exact) mass is 370 g/mol. The molecule has 8 heteroatoms. The Balaban J connectivity index is 1.49. The first-order chi connectivity index (χ1) is 12.6. The molecule has 0 unspecified atom stereocenters. The number of aromatic nitrogens is 3. The summed E-state index contributed by atoms with van der Waals surface area (Å²) in [6.45, 7) is 2.99. The van der Waals surface area contributed by atoms with E-state index >= 15 is 0 Å². The molecule has 2 aliphatic rings. The number of hydrogen-bond donors (Lipinski definition) is 2. The highest BCUT2D eigenvalue weighted by molar-refractivity contribution is 6.31. The van der Waals surface area contributed by atoms with Crippen molar-refractivity contribution >= 4 is 40.0 Å². The van der Waals surface area contributed by atoms with Crippen LogP contribution in [0.25, 0.3) is 11.0 Å². The number of nitrogens with one attached hydrogen (secondary N) is 2. The van der Waals surface area contributed by atoms with Gasteiger partial charge in [-0.2, -0.15) is 0 Å². The zero-order valence-corrected chi connectivity index (χ0v) is 14.6. The molecular weight excluding hydrogens is 355 g/mol. The maximum atomic E-state index is 14.2. The molecule has 1 spiro atoms. The third kappa shape index (κ3) is 2.47. The highest BCUT2D eigenvalue weighted by atomic mass is 35.5. The fraction of sp³-hybridized carbons (Fsp3) is 0.278. The molecule has 3 aromatic rings. The number of rotatable bonds is 3. The molecule has 0 radical (unpaired) electrons. The topological polar surface area (TPSA) is 66.0 Å². The van der Waals surface area contributed by atoms with Crippen molar-refractivity contribution in [3.63, 3.8) is 0 Å².